The lowest BCUT2D eigenvalue weighted by Gasteiger charge is -2.09. The number of nitrogens with one attached hydrogen (secondary N) is 1. The van der Waals surface area contributed by atoms with Gasteiger partial charge in [-0.2, -0.15) is 5.26 Å². The molecule has 0 fully saturated rings. The van der Waals surface area contributed by atoms with Gasteiger partial charge in [-0.05, 0) is 36.4 Å². The van der Waals surface area contributed by atoms with Crippen molar-refractivity contribution in [3.05, 3.63) is 59.4 Å². The van der Waals surface area contributed by atoms with E-state index in [-0.39, 0.29) is 0 Å². The molecule has 1 heterocycles. The number of benzene rings is 1. The molecule has 0 amide bonds. The average molecular weight is 239 g/mol. The van der Waals surface area contributed by atoms with Gasteiger partial charge in [0, 0.05) is 25.0 Å². The van der Waals surface area contributed by atoms with Crippen molar-refractivity contribution >= 4 is 0 Å². The predicted molar refractivity (Wildman–Crippen MR) is 72.1 cm³/mol. The van der Waals surface area contributed by atoms with E-state index in [2.05, 4.69) is 41.2 Å². The predicted octanol–water partition coefficient (Wildman–Crippen LogP) is 2.52. The van der Waals surface area contributed by atoms with Gasteiger partial charge in [-0.25, -0.2) is 0 Å². The molecule has 2 rings (SSSR count). The van der Waals surface area contributed by atoms with Gasteiger partial charge < -0.3 is 9.88 Å². The lowest BCUT2D eigenvalue weighted by Crippen LogP contribution is -2.15. The molecule has 2 aromatic rings. The van der Waals surface area contributed by atoms with Crippen LogP contribution in [0, 0.1) is 11.3 Å². The Balaban J connectivity index is 2.08. The summed E-state index contributed by atoms with van der Waals surface area (Å²) in [6, 6.07) is 14.1. The van der Waals surface area contributed by atoms with Crippen LogP contribution in [0.3, 0.4) is 0 Å². The lowest BCUT2D eigenvalue weighted by atomic mass is 10.1. The highest BCUT2D eigenvalue weighted by Gasteiger charge is 2.01. The normalized spacial score (nSPS) is 10.2. The molecular formula is C15H17N3. The van der Waals surface area contributed by atoms with Crippen molar-refractivity contribution in [2.24, 2.45) is 0 Å². The first-order valence-corrected chi connectivity index (χ1v) is 6.17. The molecule has 0 saturated heterocycles. The van der Waals surface area contributed by atoms with E-state index in [4.69, 9.17) is 5.26 Å². The molecule has 0 saturated carbocycles. The van der Waals surface area contributed by atoms with Gasteiger partial charge in [-0.3, -0.25) is 0 Å². The van der Waals surface area contributed by atoms with Crippen LogP contribution >= 0.6 is 0 Å². The van der Waals surface area contributed by atoms with Gasteiger partial charge in [0.25, 0.3) is 0 Å². The van der Waals surface area contributed by atoms with Crippen LogP contribution in [0.2, 0.25) is 0 Å². The molecule has 18 heavy (non-hydrogen) atoms. The van der Waals surface area contributed by atoms with E-state index in [1.54, 1.807) is 0 Å². The summed E-state index contributed by atoms with van der Waals surface area (Å²) in [6.07, 6.45) is 2.09. The monoisotopic (exact) mass is 239 g/mol. The SMILES string of the molecule is CCNCc1cccn1Cc1ccc(C#N)cc1. The van der Waals surface area contributed by atoms with Crippen molar-refractivity contribution in [3.63, 3.8) is 0 Å². The number of hydrogen-bond donors (Lipinski definition) is 1. The summed E-state index contributed by atoms with van der Waals surface area (Å²) in [7, 11) is 0. The van der Waals surface area contributed by atoms with Crippen LogP contribution in [-0.4, -0.2) is 11.1 Å². The van der Waals surface area contributed by atoms with Crippen molar-refractivity contribution < 1.29 is 0 Å². The van der Waals surface area contributed by atoms with E-state index >= 15 is 0 Å². The van der Waals surface area contributed by atoms with E-state index in [0.29, 0.717) is 5.56 Å². The maximum atomic E-state index is 8.76. The van der Waals surface area contributed by atoms with Gasteiger partial charge in [0.15, 0.2) is 0 Å². The van der Waals surface area contributed by atoms with Crippen molar-refractivity contribution in [1.82, 2.24) is 9.88 Å². The van der Waals surface area contributed by atoms with E-state index in [0.717, 1.165) is 19.6 Å². The third-order valence-corrected chi connectivity index (χ3v) is 2.92. The second kappa shape index (κ2) is 6.04. The average Bonchev–Trinajstić information content (AvgIpc) is 2.84. The Kier molecular flexibility index (Phi) is 4.16. The van der Waals surface area contributed by atoms with Gasteiger partial charge in [0.2, 0.25) is 0 Å². The highest BCUT2D eigenvalue weighted by molar-refractivity contribution is 5.31. The minimum Gasteiger partial charge on any atom is -0.346 e. The van der Waals surface area contributed by atoms with Crippen molar-refractivity contribution in [1.29, 1.82) is 5.26 Å². The van der Waals surface area contributed by atoms with Crippen LogP contribution in [0.25, 0.3) is 0 Å². The minimum atomic E-state index is 0.708. The van der Waals surface area contributed by atoms with E-state index < -0.39 is 0 Å². The molecule has 0 atom stereocenters. The van der Waals surface area contributed by atoms with Crippen LogP contribution in [-0.2, 0) is 13.1 Å². The summed E-state index contributed by atoms with van der Waals surface area (Å²) in [6.45, 7) is 4.81. The summed E-state index contributed by atoms with van der Waals surface area (Å²) in [5, 5.41) is 12.1. The molecule has 0 aliphatic rings. The molecule has 0 radical (unpaired) electrons. The van der Waals surface area contributed by atoms with E-state index in [9.17, 15) is 0 Å². The highest BCUT2D eigenvalue weighted by Crippen LogP contribution is 2.09. The van der Waals surface area contributed by atoms with Gasteiger partial charge in [-0.1, -0.05) is 19.1 Å². The lowest BCUT2D eigenvalue weighted by molar-refractivity contribution is 0.657. The number of hydrogen-bond acceptors (Lipinski definition) is 2. The highest BCUT2D eigenvalue weighted by atomic mass is 15.0. The fraction of sp³-hybridized carbons (Fsp3) is 0.267. The zero-order valence-corrected chi connectivity index (χ0v) is 10.6. The topological polar surface area (TPSA) is 40.8 Å². The summed E-state index contributed by atoms with van der Waals surface area (Å²) < 4.78 is 2.23. The third kappa shape index (κ3) is 2.99. The quantitative estimate of drug-likeness (QED) is 0.871. The molecule has 1 aromatic heterocycles. The van der Waals surface area contributed by atoms with Crippen molar-refractivity contribution in [2.75, 3.05) is 6.54 Å². The molecule has 0 spiro atoms. The molecule has 0 unspecified atom stereocenters. The largest absolute Gasteiger partial charge is 0.346 e. The number of aromatic nitrogens is 1. The smallest absolute Gasteiger partial charge is 0.0991 e. The number of nitriles is 1. The minimum absolute atomic E-state index is 0.708. The molecule has 0 aliphatic carbocycles. The first-order valence-electron chi connectivity index (χ1n) is 6.17. The maximum Gasteiger partial charge on any atom is 0.0991 e. The third-order valence-electron chi connectivity index (χ3n) is 2.92. The molecule has 3 heteroatoms. The first-order chi connectivity index (χ1) is 8.83. The van der Waals surface area contributed by atoms with Gasteiger partial charge in [0.1, 0.15) is 0 Å². The van der Waals surface area contributed by atoms with Gasteiger partial charge in [0.05, 0.1) is 11.6 Å². The van der Waals surface area contributed by atoms with Crippen LogP contribution in [0.4, 0.5) is 0 Å². The molecule has 3 nitrogen and oxygen atoms in total. The summed E-state index contributed by atoms with van der Waals surface area (Å²) in [5.74, 6) is 0. The van der Waals surface area contributed by atoms with E-state index in [1.807, 2.05) is 24.3 Å². The summed E-state index contributed by atoms with van der Waals surface area (Å²) in [4.78, 5) is 0. The zero-order chi connectivity index (χ0) is 12.8. The Hall–Kier alpha value is -2.05. The Bertz CT molecular complexity index is 532. The Morgan fingerprint density at radius 2 is 2.00 bits per heavy atom. The zero-order valence-electron chi connectivity index (χ0n) is 10.6. The van der Waals surface area contributed by atoms with Crippen molar-refractivity contribution in [2.45, 2.75) is 20.0 Å². The molecular weight excluding hydrogens is 222 g/mol. The van der Waals surface area contributed by atoms with Gasteiger partial charge in [-0.15, -0.1) is 0 Å². The molecule has 1 N–H and O–H groups in total. The Labute approximate surface area is 108 Å². The van der Waals surface area contributed by atoms with Gasteiger partial charge >= 0.3 is 0 Å². The Morgan fingerprint density at radius 1 is 1.22 bits per heavy atom. The summed E-state index contributed by atoms with van der Waals surface area (Å²) >= 11 is 0. The van der Waals surface area contributed by atoms with Crippen LogP contribution in [0.1, 0.15) is 23.7 Å². The fourth-order valence-corrected chi connectivity index (χ4v) is 1.90. The number of rotatable bonds is 5. The molecule has 0 aliphatic heterocycles. The molecule has 0 bridgehead atoms. The standard InChI is InChI=1S/C15H17N3/c1-2-17-11-15-4-3-9-18(15)12-14-7-5-13(10-16)6-8-14/h3-9,17H,2,11-12H2,1H3. The molecule has 1 aromatic carbocycles. The van der Waals surface area contributed by atoms with Crippen LogP contribution in [0.5, 0.6) is 0 Å². The second-order valence-corrected chi connectivity index (χ2v) is 4.22. The molecule has 92 valence electrons. The first kappa shape index (κ1) is 12.4. The Morgan fingerprint density at radius 3 is 2.67 bits per heavy atom. The number of nitrogens with zero attached hydrogens (tertiary/aromatic N) is 2. The van der Waals surface area contributed by atoms with Crippen LogP contribution < -0.4 is 5.32 Å². The summed E-state index contributed by atoms with van der Waals surface area (Å²) in [5.41, 5.74) is 3.20. The van der Waals surface area contributed by atoms with E-state index in [1.165, 1.54) is 11.3 Å². The van der Waals surface area contributed by atoms with Crippen LogP contribution in [0.15, 0.2) is 42.6 Å². The second-order valence-electron chi connectivity index (χ2n) is 4.22. The fourth-order valence-electron chi connectivity index (χ4n) is 1.90. The van der Waals surface area contributed by atoms with Crippen molar-refractivity contribution in [3.8, 4) is 6.07 Å². The maximum absolute atomic E-state index is 8.76.